The van der Waals surface area contributed by atoms with Crippen LogP contribution >= 0.6 is 7.82 Å². The number of allylic oxidation sites excluding steroid dienone is 2. The molecule has 0 rings (SSSR count). The van der Waals surface area contributed by atoms with Gasteiger partial charge in [0.1, 0.15) is 19.8 Å². The summed E-state index contributed by atoms with van der Waals surface area (Å²) in [5.41, 5.74) is 0. The predicted molar refractivity (Wildman–Crippen MR) is 296 cm³/mol. The largest absolute Gasteiger partial charge is 0.756 e. The molecule has 0 aliphatic heterocycles. The molecule has 0 radical (unpaired) electrons. The molecule has 0 saturated heterocycles. The molecule has 0 aromatic rings. The van der Waals surface area contributed by atoms with E-state index in [0.29, 0.717) is 17.4 Å². The molecule has 0 amide bonds. The maximum Gasteiger partial charge on any atom is 0.306 e. The monoisotopic (exact) mass is 1010 g/mol. The summed E-state index contributed by atoms with van der Waals surface area (Å²) < 4.78 is 34.1. The molecule has 0 aromatic heterocycles. The van der Waals surface area contributed by atoms with Crippen molar-refractivity contribution in [2.75, 3.05) is 47.5 Å². The summed E-state index contributed by atoms with van der Waals surface area (Å²) >= 11 is 0. The molecule has 70 heavy (non-hydrogen) atoms. The fraction of sp³-hybridized carbons (Fsp3) is 0.933. The lowest BCUT2D eigenvalue weighted by molar-refractivity contribution is -0.870. The highest BCUT2D eigenvalue weighted by molar-refractivity contribution is 7.45. The maximum atomic E-state index is 12.7. The first-order valence-electron chi connectivity index (χ1n) is 30.4. The van der Waals surface area contributed by atoms with Crippen molar-refractivity contribution in [2.45, 2.75) is 315 Å². The van der Waals surface area contributed by atoms with Gasteiger partial charge in [-0.25, -0.2) is 0 Å². The highest BCUT2D eigenvalue weighted by Crippen LogP contribution is 2.38. The molecular formula is C60H118NO8P. The molecule has 0 aliphatic carbocycles. The van der Waals surface area contributed by atoms with E-state index >= 15 is 0 Å². The van der Waals surface area contributed by atoms with Gasteiger partial charge in [-0.15, -0.1) is 0 Å². The number of carbonyl (C=O) groups is 2. The second-order valence-electron chi connectivity index (χ2n) is 22.1. The minimum Gasteiger partial charge on any atom is -0.756 e. The van der Waals surface area contributed by atoms with Crippen molar-refractivity contribution in [1.29, 1.82) is 0 Å². The zero-order valence-corrected chi connectivity index (χ0v) is 48.1. The molecule has 0 N–H and O–H groups in total. The molecule has 416 valence electrons. The lowest BCUT2D eigenvalue weighted by atomic mass is 10.0. The summed E-state index contributed by atoms with van der Waals surface area (Å²) in [5, 5.41) is 0. The summed E-state index contributed by atoms with van der Waals surface area (Å²) in [4.78, 5) is 37.7. The van der Waals surface area contributed by atoms with Crippen LogP contribution in [0, 0.1) is 0 Å². The van der Waals surface area contributed by atoms with Crippen molar-refractivity contribution < 1.29 is 42.1 Å². The number of likely N-dealkylation sites (N-methyl/N-ethyl adjacent to an activating group) is 1. The Morgan fingerprint density at radius 2 is 0.729 bits per heavy atom. The number of ether oxygens (including phenoxy) is 2. The van der Waals surface area contributed by atoms with Crippen LogP contribution in [0.3, 0.4) is 0 Å². The zero-order chi connectivity index (χ0) is 51.3. The number of unbranched alkanes of at least 4 members (excludes halogenated alkanes) is 41. The second kappa shape index (κ2) is 52.6. The predicted octanol–water partition coefficient (Wildman–Crippen LogP) is 18.2. The maximum absolute atomic E-state index is 12.7. The van der Waals surface area contributed by atoms with Crippen molar-refractivity contribution in [3.05, 3.63) is 12.2 Å². The van der Waals surface area contributed by atoms with Gasteiger partial charge in [0.25, 0.3) is 7.82 Å². The van der Waals surface area contributed by atoms with E-state index in [-0.39, 0.29) is 32.0 Å². The smallest absolute Gasteiger partial charge is 0.306 e. The average molecular weight is 1010 g/mol. The van der Waals surface area contributed by atoms with E-state index in [2.05, 4.69) is 26.0 Å². The number of carbonyl (C=O) groups excluding carboxylic acids is 2. The Morgan fingerprint density at radius 3 is 1.09 bits per heavy atom. The highest BCUT2D eigenvalue weighted by atomic mass is 31.2. The Morgan fingerprint density at radius 1 is 0.429 bits per heavy atom. The van der Waals surface area contributed by atoms with Crippen LogP contribution in [0.4, 0.5) is 0 Å². The van der Waals surface area contributed by atoms with Crippen LogP contribution in [0.2, 0.25) is 0 Å². The third-order valence-corrected chi connectivity index (χ3v) is 14.7. The van der Waals surface area contributed by atoms with Crippen molar-refractivity contribution in [3.63, 3.8) is 0 Å². The standard InChI is InChI=1S/C60H118NO8P/c1-6-8-10-12-14-16-18-20-21-22-23-24-25-26-27-28-29-30-31-32-33-34-35-36-37-38-39-40-41-43-44-46-48-50-52-59(62)66-56-58(57-68-70(64,65)67-55-54-61(3,4)5)69-60(63)53-51-49-47-45-42-19-17-15-13-11-9-7-2/h15,17,58H,6-14,16,18-57H2,1-5H3/b17-15-. The van der Waals surface area contributed by atoms with E-state index < -0.39 is 26.5 Å². The Balaban J connectivity index is 3.87. The van der Waals surface area contributed by atoms with Gasteiger partial charge in [0.15, 0.2) is 6.10 Å². The van der Waals surface area contributed by atoms with E-state index in [4.69, 9.17) is 18.5 Å². The van der Waals surface area contributed by atoms with E-state index in [0.717, 1.165) is 57.8 Å². The number of phosphoric acid groups is 1. The van der Waals surface area contributed by atoms with E-state index in [1.807, 2.05) is 21.1 Å². The summed E-state index contributed by atoms with van der Waals surface area (Å²) in [5.74, 6) is -0.829. The van der Waals surface area contributed by atoms with Gasteiger partial charge in [-0.05, 0) is 38.5 Å². The van der Waals surface area contributed by atoms with Crippen LogP contribution < -0.4 is 4.89 Å². The first kappa shape index (κ1) is 68.8. The lowest BCUT2D eigenvalue weighted by Gasteiger charge is -2.28. The molecule has 0 saturated carbocycles. The molecule has 0 aromatic carbocycles. The van der Waals surface area contributed by atoms with Crippen molar-refractivity contribution in [2.24, 2.45) is 0 Å². The first-order chi connectivity index (χ1) is 34.0. The third kappa shape index (κ3) is 56.1. The van der Waals surface area contributed by atoms with Crippen LogP contribution in [0.1, 0.15) is 309 Å². The third-order valence-electron chi connectivity index (χ3n) is 13.8. The highest BCUT2D eigenvalue weighted by Gasteiger charge is 2.22. The first-order valence-corrected chi connectivity index (χ1v) is 31.9. The molecule has 0 bridgehead atoms. The molecular weight excluding hydrogens is 894 g/mol. The lowest BCUT2D eigenvalue weighted by Crippen LogP contribution is -2.37. The van der Waals surface area contributed by atoms with Crippen molar-refractivity contribution in [3.8, 4) is 0 Å². The van der Waals surface area contributed by atoms with E-state index in [9.17, 15) is 19.0 Å². The van der Waals surface area contributed by atoms with Crippen LogP contribution in [0.5, 0.6) is 0 Å². The average Bonchev–Trinajstić information content (AvgIpc) is 3.32. The van der Waals surface area contributed by atoms with Gasteiger partial charge in [-0.1, -0.05) is 270 Å². The van der Waals surface area contributed by atoms with Gasteiger partial charge in [-0.2, -0.15) is 0 Å². The van der Waals surface area contributed by atoms with Crippen molar-refractivity contribution >= 4 is 19.8 Å². The molecule has 0 heterocycles. The summed E-state index contributed by atoms with van der Waals surface area (Å²) in [6.45, 7) is 4.25. The van der Waals surface area contributed by atoms with E-state index in [1.165, 1.54) is 218 Å². The van der Waals surface area contributed by atoms with Crippen LogP contribution in [0.15, 0.2) is 12.2 Å². The molecule has 2 unspecified atom stereocenters. The normalized spacial score (nSPS) is 13.3. The fourth-order valence-corrected chi connectivity index (χ4v) is 9.80. The number of quaternary nitrogens is 1. The molecule has 10 heteroatoms. The molecule has 0 aliphatic rings. The van der Waals surface area contributed by atoms with Crippen LogP contribution in [0.25, 0.3) is 0 Å². The van der Waals surface area contributed by atoms with Crippen LogP contribution in [-0.2, 0) is 32.7 Å². The SMILES string of the molecule is CCCCC/C=C\CCCCCCCC(=O)OC(COC(=O)CCCCCCCCCCCCCCCCCCCCCCCCCCCCCCCCCCCC)COP(=O)([O-])OCC[N+](C)(C)C. The zero-order valence-electron chi connectivity index (χ0n) is 47.2. The van der Waals surface area contributed by atoms with Gasteiger partial charge >= 0.3 is 11.9 Å². The minimum absolute atomic E-state index is 0.0291. The van der Waals surface area contributed by atoms with Crippen molar-refractivity contribution in [1.82, 2.24) is 0 Å². The van der Waals surface area contributed by atoms with Gasteiger partial charge in [-0.3, -0.25) is 14.2 Å². The van der Waals surface area contributed by atoms with Gasteiger partial charge in [0.2, 0.25) is 0 Å². The van der Waals surface area contributed by atoms with Gasteiger partial charge in [0, 0.05) is 12.8 Å². The Hall–Kier alpha value is -1.25. The Kier molecular flexibility index (Phi) is 51.7. The number of nitrogens with zero attached hydrogens (tertiary/aromatic N) is 1. The number of phosphoric ester groups is 1. The Bertz CT molecular complexity index is 1190. The topological polar surface area (TPSA) is 111 Å². The van der Waals surface area contributed by atoms with Crippen LogP contribution in [-0.4, -0.2) is 70.0 Å². The fourth-order valence-electron chi connectivity index (χ4n) is 9.07. The van der Waals surface area contributed by atoms with Gasteiger partial charge < -0.3 is 27.9 Å². The Labute approximate surface area is 435 Å². The quantitative estimate of drug-likeness (QED) is 0.0195. The summed E-state index contributed by atoms with van der Waals surface area (Å²) in [6.07, 6.45) is 61.6. The van der Waals surface area contributed by atoms with Gasteiger partial charge in [0.05, 0.1) is 27.7 Å². The minimum atomic E-state index is -4.63. The molecule has 0 fully saturated rings. The number of hydrogen-bond donors (Lipinski definition) is 0. The molecule has 9 nitrogen and oxygen atoms in total. The molecule has 2 atom stereocenters. The number of hydrogen-bond acceptors (Lipinski definition) is 8. The molecule has 0 spiro atoms. The number of esters is 2. The van der Waals surface area contributed by atoms with E-state index in [1.54, 1.807) is 0 Å². The summed E-state index contributed by atoms with van der Waals surface area (Å²) in [7, 11) is 1.18. The number of rotatable bonds is 57. The summed E-state index contributed by atoms with van der Waals surface area (Å²) in [6, 6.07) is 0. The second-order valence-corrected chi connectivity index (χ2v) is 23.5.